The van der Waals surface area contributed by atoms with Crippen molar-refractivity contribution in [2.75, 3.05) is 26.8 Å². The van der Waals surface area contributed by atoms with Crippen molar-refractivity contribution in [1.29, 1.82) is 0 Å². The lowest BCUT2D eigenvalue weighted by Gasteiger charge is -2.03. The number of hydrogen-bond donors (Lipinski definition) is 1. The van der Waals surface area contributed by atoms with Crippen LogP contribution in [0, 0.1) is 0 Å². The molecule has 1 N–H and O–H groups in total. The molecule has 0 amide bonds. The van der Waals surface area contributed by atoms with E-state index < -0.39 is 0 Å². The van der Waals surface area contributed by atoms with Crippen molar-refractivity contribution in [2.24, 2.45) is 0 Å². The summed E-state index contributed by atoms with van der Waals surface area (Å²) in [4.78, 5) is 0. The number of benzene rings is 1. The lowest BCUT2D eigenvalue weighted by molar-refractivity contribution is 0.199. The molecule has 1 aromatic carbocycles. The molecule has 0 saturated carbocycles. The van der Waals surface area contributed by atoms with Crippen LogP contribution in [0.1, 0.15) is 5.56 Å². The number of ether oxygens (including phenoxy) is 1. The van der Waals surface area contributed by atoms with Crippen LogP contribution in [0.2, 0.25) is 0 Å². The quantitative estimate of drug-likeness (QED) is 0.732. The highest BCUT2D eigenvalue weighted by Gasteiger charge is 1.90. The fraction of sp³-hybridized carbons (Fsp3) is 0.455. The van der Waals surface area contributed by atoms with E-state index in [0.29, 0.717) is 0 Å². The highest BCUT2D eigenvalue weighted by molar-refractivity contribution is 5.85. The van der Waals surface area contributed by atoms with Crippen molar-refractivity contribution in [3.8, 4) is 0 Å². The van der Waals surface area contributed by atoms with E-state index in [1.807, 2.05) is 6.07 Å². The second-order valence-electron chi connectivity index (χ2n) is 2.98. The van der Waals surface area contributed by atoms with Crippen molar-refractivity contribution in [3.05, 3.63) is 35.9 Å². The Morgan fingerprint density at radius 2 is 1.86 bits per heavy atom. The van der Waals surface area contributed by atoms with Crippen molar-refractivity contribution >= 4 is 12.4 Å². The molecule has 0 unspecified atom stereocenters. The molecule has 80 valence electrons. The molecular formula is C11H18ClNO. The number of rotatable bonds is 6. The first kappa shape index (κ1) is 13.4. The summed E-state index contributed by atoms with van der Waals surface area (Å²) in [6, 6.07) is 10.5. The third-order valence-corrected chi connectivity index (χ3v) is 1.92. The molecule has 0 atom stereocenters. The second-order valence-corrected chi connectivity index (χ2v) is 2.98. The van der Waals surface area contributed by atoms with Crippen molar-refractivity contribution in [2.45, 2.75) is 6.42 Å². The van der Waals surface area contributed by atoms with Crippen molar-refractivity contribution in [3.63, 3.8) is 0 Å². The predicted molar refractivity (Wildman–Crippen MR) is 62.1 cm³/mol. The van der Waals surface area contributed by atoms with E-state index in [1.54, 1.807) is 7.11 Å². The van der Waals surface area contributed by atoms with E-state index in [1.165, 1.54) is 5.56 Å². The molecule has 3 heteroatoms. The monoisotopic (exact) mass is 215 g/mol. The molecule has 0 fully saturated rings. The van der Waals surface area contributed by atoms with Gasteiger partial charge in [0.05, 0.1) is 6.61 Å². The maximum absolute atomic E-state index is 4.93. The topological polar surface area (TPSA) is 21.3 Å². The highest BCUT2D eigenvalue weighted by atomic mass is 35.5. The Kier molecular flexibility index (Phi) is 8.64. The molecule has 0 saturated heterocycles. The summed E-state index contributed by atoms with van der Waals surface area (Å²) in [5.41, 5.74) is 1.38. The lowest BCUT2D eigenvalue weighted by atomic mass is 10.1. The molecule has 0 aromatic heterocycles. The van der Waals surface area contributed by atoms with Crippen LogP contribution >= 0.6 is 12.4 Å². The zero-order chi connectivity index (χ0) is 9.36. The van der Waals surface area contributed by atoms with Gasteiger partial charge in [-0.3, -0.25) is 0 Å². The summed E-state index contributed by atoms with van der Waals surface area (Å²) in [6.45, 7) is 2.74. The molecule has 0 spiro atoms. The summed E-state index contributed by atoms with van der Waals surface area (Å²) < 4.78 is 4.93. The predicted octanol–water partition coefficient (Wildman–Crippen LogP) is 1.89. The van der Waals surface area contributed by atoms with Gasteiger partial charge in [-0.1, -0.05) is 30.3 Å². The van der Waals surface area contributed by atoms with E-state index in [2.05, 4.69) is 29.6 Å². The van der Waals surface area contributed by atoms with E-state index in [9.17, 15) is 0 Å². The Morgan fingerprint density at radius 1 is 1.14 bits per heavy atom. The molecule has 2 nitrogen and oxygen atoms in total. The van der Waals surface area contributed by atoms with E-state index >= 15 is 0 Å². The van der Waals surface area contributed by atoms with Crippen LogP contribution in [0.5, 0.6) is 0 Å². The first-order chi connectivity index (χ1) is 6.43. The molecule has 14 heavy (non-hydrogen) atoms. The van der Waals surface area contributed by atoms with Gasteiger partial charge < -0.3 is 10.1 Å². The van der Waals surface area contributed by atoms with Gasteiger partial charge in [-0.2, -0.15) is 0 Å². The van der Waals surface area contributed by atoms with Gasteiger partial charge in [0.25, 0.3) is 0 Å². The Hall–Kier alpha value is -0.570. The first-order valence-electron chi connectivity index (χ1n) is 4.67. The Morgan fingerprint density at radius 3 is 2.50 bits per heavy atom. The van der Waals surface area contributed by atoms with E-state index in [4.69, 9.17) is 4.74 Å². The van der Waals surface area contributed by atoms with Crippen LogP contribution in [-0.2, 0) is 11.2 Å². The minimum atomic E-state index is 0. The fourth-order valence-electron chi connectivity index (χ4n) is 1.18. The Balaban J connectivity index is 0.00000169. The minimum absolute atomic E-state index is 0. The van der Waals surface area contributed by atoms with Crippen LogP contribution in [0.15, 0.2) is 30.3 Å². The first-order valence-corrected chi connectivity index (χ1v) is 4.67. The van der Waals surface area contributed by atoms with Crippen molar-refractivity contribution in [1.82, 2.24) is 5.32 Å². The van der Waals surface area contributed by atoms with Gasteiger partial charge in [-0.25, -0.2) is 0 Å². The van der Waals surface area contributed by atoms with Gasteiger partial charge in [0.15, 0.2) is 0 Å². The molecule has 0 aliphatic rings. The summed E-state index contributed by atoms with van der Waals surface area (Å²) >= 11 is 0. The summed E-state index contributed by atoms with van der Waals surface area (Å²) in [5, 5.41) is 3.31. The van der Waals surface area contributed by atoms with Gasteiger partial charge in [-0.05, 0) is 18.5 Å². The van der Waals surface area contributed by atoms with E-state index in [-0.39, 0.29) is 12.4 Å². The molecule has 1 aromatic rings. The maximum Gasteiger partial charge on any atom is 0.0587 e. The second kappa shape index (κ2) is 9.00. The van der Waals surface area contributed by atoms with Crippen LogP contribution < -0.4 is 5.32 Å². The summed E-state index contributed by atoms with van der Waals surface area (Å²) in [5.74, 6) is 0. The molecule has 0 heterocycles. The lowest BCUT2D eigenvalue weighted by Crippen LogP contribution is -2.21. The van der Waals surface area contributed by atoms with Crippen LogP contribution in [0.3, 0.4) is 0 Å². The third-order valence-electron chi connectivity index (χ3n) is 1.92. The van der Waals surface area contributed by atoms with Gasteiger partial charge in [0.2, 0.25) is 0 Å². The number of nitrogens with one attached hydrogen (secondary N) is 1. The average Bonchev–Trinajstić information content (AvgIpc) is 2.19. The SMILES string of the molecule is COCCNCCc1ccccc1.Cl. The normalized spacial score (nSPS) is 9.50. The maximum atomic E-state index is 4.93. The van der Waals surface area contributed by atoms with Crippen LogP contribution in [0.4, 0.5) is 0 Å². The standard InChI is InChI=1S/C11H17NO.ClH/c1-13-10-9-12-8-7-11-5-3-2-4-6-11;/h2-6,12H,7-10H2,1H3;1H. The van der Waals surface area contributed by atoms with Crippen molar-refractivity contribution < 1.29 is 4.74 Å². The summed E-state index contributed by atoms with van der Waals surface area (Å²) in [6.07, 6.45) is 1.09. The van der Waals surface area contributed by atoms with E-state index in [0.717, 1.165) is 26.1 Å². The van der Waals surface area contributed by atoms with Crippen LogP contribution in [-0.4, -0.2) is 26.8 Å². The Bertz CT molecular complexity index is 216. The third kappa shape index (κ3) is 5.97. The van der Waals surface area contributed by atoms with Crippen LogP contribution in [0.25, 0.3) is 0 Å². The minimum Gasteiger partial charge on any atom is -0.383 e. The van der Waals surface area contributed by atoms with Gasteiger partial charge in [0, 0.05) is 13.7 Å². The highest BCUT2D eigenvalue weighted by Crippen LogP contribution is 1.97. The fourth-order valence-corrected chi connectivity index (χ4v) is 1.18. The van der Waals surface area contributed by atoms with Gasteiger partial charge >= 0.3 is 0 Å². The molecule has 1 rings (SSSR count). The van der Waals surface area contributed by atoms with Gasteiger partial charge in [-0.15, -0.1) is 12.4 Å². The molecule has 0 aliphatic carbocycles. The zero-order valence-corrected chi connectivity index (χ0v) is 9.35. The Labute approximate surface area is 92.1 Å². The smallest absolute Gasteiger partial charge is 0.0587 e. The largest absolute Gasteiger partial charge is 0.383 e. The number of hydrogen-bond acceptors (Lipinski definition) is 2. The molecule has 0 bridgehead atoms. The molecule has 0 aliphatic heterocycles. The average molecular weight is 216 g/mol. The van der Waals surface area contributed by atoms with Gasteiger partial charge in [0.1, 0.15) is 0 Å². The molecular weight excluding hydrogens is 198 g/mol. The number of halogens is 1. The molecule has 0 radical (unpaired) electrons. The zero-order valence-electron chi connectivity index (χ0n) is 8.53. The number of methoxy groups -OCH3 is 1. The summed E-state index contributed by atoms with van der Waals surface area (Å²) in [7, 11) is 1.72.